The third-order valence-electron chi connectivity index (χ3n) is 4.17. The van der Waals surface area contributed by atoms with Gasteiger partial charge in [0.1, 0.15) is 0 Å². The molecule has 0 aliphatic carbocycles. The Kier molecular flexibility index (Phi) is 9.89. The predicted octanol–water partition coefficient (Wildman–Crippen LogP) is 5.85. The molecule has 0 amide bonds. The summed E-state index contributed by atoms with van der Waals surface area (Å²) in [5.74, 6) is 0.617. The number of benzene rings is 1. The quantitative estimate of drug-likeness (QED) is 0.418. The van der Waals surface area contributed by atoms with Gasteiger partial charge in [-0.1, -0.05) is 65.0 Å². The highest BCUT2D eigenvalue weighted by Gasteiger charge is 2.03. The minimum atomic E-state index is 0.617. The van der Waals surface area contributed by atoms with Gasteiger partial charge in [0.2, 0.25) is 0 Å². The number of rotatable bonds is 10. The van der Waals surface area contributed by atoms with Crippen LogP contribution in [0.5, 0.6) is 0 Å². The topological polar surface area (TPSA) is 24.1 Å². The molecular formula is C19H32N2S. The van der Waals surface area contributed by atoms with Crippen molar-refractivity contribution >= 4 is 23.0 Å². The lowest BCUT2D eigenvalue weighted by atomic mass is 9.99. The smallest absolute Gasteiger partial charge is 0.170 e. The monoisotopic (exact) mass is 320 g/mol. The van der Waals surface area contributed by atoms with Crippen molar-refractivity contribution in [2.45, 2.75) is 71.6 Å². The van der Waals surface area contributed by atoms with Crippen LogP contribution >= 0.6 is 12.2 Å². The van der Waals surface area contributed by atoms with Gasteiger partial charge in [-0.25, -0.2) is 0 Å². The highest BCUT2D eigenvalue weighted by Crippen LogP contribution is 2.20. The fraction of sp³-hybridized carbons (Fsp3) is 0.632. The Morgan fingerprint density at radius 2 is 1.64 bits per heavy atom. The van der Waals surface area contributed by atoms with Crippen LogP contribution < -0.4 is 10.6 Å². The SMILES string of the molecule is CCCCCCCCNC(=S)Nc1ccc(C(C)CC)cc1. The van der Waals surface area contributed by atoms with Crippen molar-refractivity contribution in [3.63, 3.8) is 0 Å². The molecule has 3 heteroatoms. The first-order valence-electron chi connectivity index (χ1n) is 8.82. The zero-order chi connectivity index (χ0) is 16.2. The minimum Gasteiger partial charge on any atom is -0.362 e. The average molecular weight is 321 g/mol. The van der Waals surface area contributed by atoms with Crippen LogP contribution in [0, 0.1) is 0 Å². The number of thiocarbonyl (C=S) groups is 1. The maximum atomic E-state index is 5.34. The highest BCUT2D eigenvalue weighted by atomic mass is 32.1. The summed E-state index contributed by atoms with van der Waals surface area (Å²) in [5.41, 5.74) is 2.45. The number of nitrogens with one attached hydrogen (secondary N) is 2. The van der Waals surface area contributed by atoms with Gasteiger partial charge in [-0.2, -0.15) is 0 Å². The highest BCUT2D eigenvalue weighted by molar-refractivity contribution is 7.80. The average Bonchev–Trinajstić information content (AvgIpc) is 2.54. The Morgan fingerprint density at radius 3 is 2.27 bits per heavy atom. The van der Waals surface area contributed by atoms with E-state index in [1.54, 1.807) is 0 Å². The van der Waals surface area contributed by atoms with Crippen molar-refractivity contribution < 1.29 is 0 Å². The van der Waals surface area contributed by atoms with E-state index >= 15 is 0 Å². The second-order valence-electron chi connectivity index (χ2n) is 6.08. The van der Waals surface area contributed by atoms with E-state index in [4.69, 9.17) is 12.2 Å². The first-order chi connectivity index (χ1) is 10.7. The van der Waals surface area contributed by atoms with E-state index in [1.165, 1.54) is 50.5 Å². The first-order valence-corrected chi connectivity index (χ1v) is 9.23. The van der Waals surface area contributed by atoms with E-state index in [-0.39, 0.29) is 0 Å². The molecule has 1 rings (SSSR count). The van der Waals surface area contributed by atoms with Gasteiger partial charge < -0.3 is 10.6 Å². The summed E-state index contributed by atoms with van der Waals surface area (Å²) in [5, 5.41) is 7.28. The molecule has 0 aliphatic heterocycles. The molecule has 0 saturated heterocycles. The van der Waals surface area contributed by atoms with Crippen molar-refractivity contribution in [2.24, 2.45) is 0 Å². The van der Waals surface area contributed by atoms with Crippen molar-refractivity contribution in [3.8, 4) is 0 Å². The van der Waals surface area contributed by atoms with E-state index in [0.29, 0.717) is 5.92 Å². The Morgan fingerprint density at radius 1 is 1.00 bits per heavy atom. The molecule has 1 unspecified atom stereocenters. The Labute approximate surface area is 142 Å². The summed E-state index contributed by atoms with van der Waals surface area (Å²) < 4.78 is 0. The number of hydrogen-bond acceptors (Lipinski definition) is 1. The lowest BCUT2D eigenvalue weighted by molar-refractivity contribution is 0.603. The molecule has 0 bridgehead atoms. The van der Waals surface area contributed by atoms with Gasteiger partial charge in [0, 0.05) is 12.2 Å². The zero-order valence-electron chi connectivity index (χ0n) is 14.5. The molecule has 124 valence electrons. The summed E-state index contributed by atoms with van der Waals surface area (Å²) in [6.07, 6.45) is 9.03. The largest absolute Gasteiger partial charge is 0.362 e. The van der Waals surface area contributed by atoms with Gasteiger partial charge >= 0.3 is 0 Å². The first kappa shape index (κ1) is 19.0. The molecule has 0 radical (unpaired) electrons. The molecule has 0 aromatic heterocycles. The standard InChI is InChI=1S/C19H32N2S/c1-4-6-7-8-9-10-15-20-19(22)21-18-13-11-17(12-14-18)16(3)5-2/h11-14,16H,4-10,15H2,1-3H3,(H2,20,21,22). The second-order valence-corrected chi connectivity index (χ2v) is 6.49. The molecular weight excluding hydrogens is 288 g/mol. The lowest BCUT2D eigenvalue weighted by Crippen LogP contribution is -2.29. The van der Waals surface area contributed by atoms with Crippen LogP contribution in [-0.2, 0) is 0 Å². The van der Waals surface area contributed by atoms with Gasteiger partial charge in [0.25, 0.3) is 0 Å². The molecule has 2 nitrogen and oxygen atoms in total. The van der Waals surface area contributed by atoms with Crippen molar-refractivity contribution in [1.82, 2.24) is 5.32 Å². The summed E-state index contributed by atoms with van der Waals surface area (Å²) in [6, 6.07) is 8.60. The molecule has 1 aromatic carbocycles. The molecule has 0 fully saturated rings. The maximum absolute atomic E-state index is 5.34. The van der Waals surface area contributed by atoms with Crippen LogP contribution in [0.3, 0.4) is 0 Å². The van der Waals surface area contributed by atoms with E-state index < -0.39 is 0 Å². The van der Waals surface area contributed by atoms with Crippen LogP contribution in [0.25, 0.3) is 0 Å². The fourth-order valence-electron chi connectivity index (χ4n) is 2.41. The third kappa shape index (κ3) is 7.79. The minimum absolute atomic E-state index is 0.617. The van der Waals surface area contributed by atoms with E-state index in [1.807, 2.05) is 0 Å². The molecule has 0 aliphatic rings. The van der Waals surface area contributed by atoms with Gasteiger partial charge in [-0.3, -0.25) is 0 Å². The molecule has 1 atom stereocenters. The van der Waals surface area contributed by atoms with Gasteiger partial charge in [0.15, 0.2) is 5.11 Å². The van der Waals surface area contributed by atoms with Crippen LogP contribution in [0.15, 0.2) is 24.3 Å². The van der Waals surface area contributed by atoms with Crippen molar-refractivity contribution in [3.05, 3.63) is 29.8 Å². The Bertz CT molecular complexity index is 414. The summed E-state index contributed by atoms with van der Waals surface area (Å²) in [4.78, 5) is 0. The van der Waals surface area contributed by atoms with Crippen molar-refractivity contribution in [2.75, 3.05) is 11.9 Å². The van der Waals surface area contributed by atoms with Crippen LogP contribution in [-0.4, -0.2) is 11.7 Å². The Hall–Kier alpha value is -1.09. The lowest BCUT2D eigenvalue weighted by Gasteiger charge is -2.12. The second kappa shape index (κ2) is 11.5. The number of unbranched alkanes of at least 4 members (excludes halogenated alkanes) is 5. The molecule has 0 saturated carbocycles. The normalized spacial score (nSPS) is 12.0. The van der Waals surface area contributed by atoms with Crippen molar-refractivity contribution in [1.29, 1.82) is 0 Å². The predicted molar refractivity (Wildman–Crippen MR) is 103 cm³/mol. The zero-order valence-corrected chi connectivity index (χ0v) is 15.3. The van der Waals surface area contributed by atoms with E-state index in [2.05, 4.69) is 55.7 Å². The molecule has 0 heterocycles. The van der Waals surface area contributed by atoms with Crippen LogP contribution in [0.4, 0.5) is 5.69 Å². The van der Waals surface area contributed by atoms with E-state index in [9.17, 15) is 0 Å². The van der Waals surface area contributed by atoms with Crippen LogP contribution in [0.2, 0.25) is 0 Å². The Balaban J connectivity index is 2.19. The van der Waals surface area contributed by atoms with Gasteiger partial charge in [-0.15, -0.1) is 0 Å². The van der Waals surface area contributed by atoms with Gasteiger partial charge in [0.05, 0.1) is 0 Å². The van der Waals surface area contributed by atoms with Gasteiger partial charge in [-0.05, 0) is 48.7 Å². The maximum Gasteiger partial charge on any atom is 0.170 e. The molecule has 0 spiro atoms. The third-order valence-corrected chi connectivity index (χ3v) is 4.41. The molecule has 1 aromatic rings. The number of hydrogen-bond donors (Lipinski definition) is 2. The summed E-state index contributed by atoms with van der Waals surface area (Å²) in [7, 11) is 0. The molecule has 22 heavy (non-hydrogen) atoms. The summed E-state index contributed by atoms with van der Waals surface area (Å²) in [6.45, 7) is 7.69. The molecule has 2 N–H and O–H groups in total. The number of anilines is 1. The van der Waals surface area contributed by atoms with Crippen LogP contribution in [0.1, 0.15) is 77.2 Å². The summed E-state index contributed by atoms with van der Waals surface area (Å²) >= 11 is 5.34. The fourth-order valence-corrected chi connectivity index (χ4v) is 2.63. The van der Waals surface area contributed by atoms with E-state index in [0.717, 1.165) is 17.3 Å².